The van der Waals surface area contributed by atoms with E-state index < -0.39 is 0 Å². The Labute approximate surface area is 102 Å². The van der Waals surface area contributed by atoms with E-state index in [-0.39, 0.29) is 18.6 Å². The molecule has 1 aliphatic rings. The zero-order chi connectivity index (χ0) is 12.3. The van der Waals surface area contributed by atoms with Crippen molar-refractivity contribution in [3.05, 3.63) is 0 Å². The molecule has 0 aromatic rings. The van der Waals surface area contributed by atoms with Gasteiger partial charge in [-0.3, -0.25) is 4.79 Å². The molecule has 0 atom stereocenters. The van der Waals surface area contributed by atoms with Gasteiger partial charge in [0.05, 0.1) is 26.4 Å². The van der Waals surface area contributed by atoms with Crippen LogP contribution in [0.5, 0.6) is 0 Å². The number of carbonyl (C=O) groups is 1. The van der Waals surface area contributed by atoms with Gasteiger partial charge in [0, 0.05) is 25.8 Å². The van der Waals surface area contributed by atoms with Gasteiger partial charge in [-0.25, -0.2) is 0 Å². The summed E-state index contributed by atoms with van der Waals surface area (Å²) in [6, 6.07) is 0.253. The van der Waals surface area contributed by atoms with Crippen LogP contribution < -0.4 is 10.6 Å². The van der Waals surface area contributed by atoms with Gasteiger partial charge in [0.25, 0.3) is 0 Å². The molecular weight excluding hydrogens is 224 g/mol. The summed E-state index contributed by atoms with van der Waals surface area (Å²) < 4.78 is 10.3. The Morgan fingerprint density at radius 2 is 2.12 bits per heavy atom. The monoisotopic (exact) mass is 246 g/mol. The number of hydrogen-bond donors (Lipinski definition) is 3. The van der Waals surface area contributed by atoms with Gasteiger partial charge in [-0.05, 0) is 12.8 Å². The molecule has 1 saturated heterocycles. The lowest BCUT2D eigenvalue weighted by Crippen LogP contribution is -2.43. The summed E-state index contributed by atoms with van der Waals surface area (Å²) in [5, 5.41) is 14.4. The highest BCUT2D eigenvalue weighted by Crippen LogP contribution is 2.05. The summed E-state index contributed by atoms with van der Waals surface area (Å²) in [4.78, 5) is 11.5. The van der Waals surface area contributed by atoms with Crippen LogP contribution in [0.15, 0.2) is 0 Å². The maximum absolute atomic E-state index is 11.5. The Morgan fingerprint density at radius 1 is 1.35 bits per heavy atom. The average Bonchev–Trinajstić information content (AvgIpc) is 2.35. The first-order valence-electron chi connectivity index (χ1n) is 6.09. The van der Waals surface area contributed by atoms with E-state index >= 15 is 0 Å². The lowest BCUT2D eigenvalue weighted by atomic mass is 10.1. The predicted octanol–water partition coefficient (Wildman–Crippen LogP) is -1.12. The highest BCUT2D eigenvalue weighted by Gasteiger charge is 2.15. The highest BCUT2D eigenvalue weighted by molar-refractivity contribution is 5.78. The van der Waals surface area contributed by atoms with Crippen LogP contribution in [0.25, 0.3) is 0 Å². The molecular formula is C11H22N2O4. The maximum atomic E-state index is 11.5. The lowest BCUT2D eigenvalue weighted by Gasteiger charge is -2.23. The Morgan fingerprint density at radius 3 is 2.82 bits per heavy atom. The Balaban J connectivity index is 1.93. The van der Waals surface area contributed by atoms with E-state index in [9.17, 15) is 4.79 Å². The molecule has 0 aromatic carbocycles. The fraction of sp³-hybridized carbons (Fsp3) is 0.909. The first kappa shape index (κ1) is 14.4. The van der Waals surface area contributed by atoms with Crippen molar-refractivity contribution >= 4 is 5.91 Å². The Hall–Kier alpha value is -0.690. The zero-order valence-electron chi connectivity index (χ0n) is 10.1. The Bertz CT molecular complexity index is 208. The second-order valence-electron chi connectivity index (χ2n) is 3.97. The predicted molar refractivity (Wildman–Crippen MR) is 62.8 cm³/mol. The largest absolute Gasteiger partial charge is 0.394 e. The van der Waals surface area contributed by atoms with Gasteiger partial charge in [-0.15, -0.1) is 0 Å². The van der Waals surface area contributed by atoms with E-state index in [1.54, 1.807) is 0 Å². The number of rotatable bonds is 8. The molecule has 1 fully saturated rings. The third-order valence-electron chi connectivity index (χ3n) is 2.53. The maximum Gasteiger partial charge on any atom is 0.234 e. The molecule has 0 unspecified atom stereocenters. The van der Waals surface area contributed by atoms with Gasteiger partial charge in [-0.1, -0.05) is 0 Å². The smallest absolute Gasteiger partial charge is 0.234 e. The van der Waals surface area contributed by atoms with Crippen molar-refractivity contribution in [2.45, 2.75) is 18.9 Å². The minimum atomic E-state index is 0.0130. The molecule has 1 rings (SSSR count). The number of aliphatic hydroxyl groups is 1. The average molecular weight is 246 g/mol. The molecule has 0 spiro atoms. The first-order valence-corrected chi connectivity index (χ1v) is 6.09. The summed E-state index contributed by atoms with van der Waals surface area (Å²) >= 11 is 0. The van der Waals surface area contributed by atoms with E-state index in [0.717, 1.165) is 26.1 Å². The molecule has 0 saturated carbocycles. The number of nitrogens with one attached hydrogen (secondary N) is 2. The molecule has 1 heterocycles. The highest BCUT2D eigenvalue weighted by atomic mass is 16.5. The van der Waals surface area contributed by atoms with Crippen LogP contribution in [0.2, 0.25) is 0 Å². The van der Waals surface area contributed by atoms with E-state index in [1.165, 1.54) is 0 Å². The van der Waals surface area contributed by atoms with Crippen molar-refractivity contribution < 1.29 is 19.4 Å². The van der Waals surface area contributed by atoms with Gasteiger partial charge in [-0.2, -0.15) is 0 Å². The van der Waals surface area contributed by atoms with Crippen LogP contribution in [0.1, 0.15) is 12.8 Å². The lowest BCUT2D eigenvalue weighted by molar-refractivity contribution is -0.121. The molecule has 17 heavy (non-hydrogen) atoms. The van der Waals surface area contributed by atoms with Crippen LogP contribution in [-0.4, -0.2) is 63.2 Å². The van der Waals surface area contributed by atoms with Crippen LogP contribution in [0.4, 0.5) is 0 Å². The second-order valence-corrected chi connectivity index (χ2v) is 3.97. The topological polar surface area (TPSA) is 79.8 Å². The number of hydrogen-bond acceptors (Lipinski definition) is 5. The van der Waals surface area contributed by atoms with Gasteiger partial charge in [0.2, 0.25) is 5.91 Å². The van der Waals surface area contributed by atoms with Crippen molar-refractivity contribution in [1.82, 2.24) is 10.6 Å². The minimum absolute atomic E-state index is 0.0130. The van der Waals surface area contributed by atoms with Crippen LogP contribution in [0, 0.1) is 0 Å². The van der Waals surface area contributed by atoms with Crippen LogP contribution >= 0.6 is 0 Å². The number of ether oxygens (including phenoxy) is 2. The second kappa shape index (κ2) is 9.35. The third-order valence-corrected chi connectivity index (χ3v) is 2.53. The SMILES string of the molecule is O=C(CNCCOCCO)NC1CCOCC1. The fourth-order valence-electron chi connectivity index (χ4n) is 1.63. The minimum Gasteiger partial charge on any atom is -0.394 e. The Kier molecular flexibility index (Phi) is 7.91. The van der Waals surface area contributed by atoms with Gasteiger partial charge in [0.15, 0.2) is 0 Å². The molecule has 1 amide bonds. The summed E-state index contributed by atoms with van der Waals surface area (Å²) in [5.74, 6) is 0.0130. The molecule has 0 aliphatic carbocycles. The number of aliphatic hydroxyl groups excluding tert-OH is 1. The van der Waals surface area contributed by atoms with E-state index in [1.807, 2.05) is 0 Å². The standard InChI is InChI=1S/C11H22N2O4/c14-4-8-17-7-3-12-9-11(15)13-10-1-5-16-6-2-10/h10,12,14H,1-9H2,(H,13,15). The number of amides is 1. The summed E-state index contributed by atoms with van der Waals surface area (Å²) in [7, 11) is 0. The van der Waals surface area contributed by atoms with Crippen molar-refractivity contribution in [3.63, 3.8) is 0 Å². The molecule has 3 N–H and O–H groups in total. The molecule has 0 aromatic heterocycles. The van der Waals surface area contributed by atoms with E-state index in [2.05, 4.69) is 10.6 Å². The van der Waals surface area contributed by atoms with E-state index in [4.69, 9.17) is 14.6 Å². The fourth-order valence-corrected chi connectivity index (χ4v) is 1.63. The normalized spacial score (nSPS) is 17.0. The van der Waals surface area contributed by atoms with Crippen molar-refractivity contribution in [1.29, 1.82) is 0 Å². The van der Waals surface area contributed by atoms with Gasteiger partial charge >= 0.3 is 0 Å². The van der Waals surface area contributed by atoms with Crippen LogP contribution in [-0.2, 0) is 14.3 Å². The van der Waals surface area contributed by atoms with Crippen LogP contribution in [0.3, 0.4) is 0 Å². The molecule has 6 nitrogen and oxygen atoms in total. The summed E-state index contributed by atoms with van der Waals surface area (Å²) in [5.41, 5.74) is 0. The third kappa shape index (κ3) is 7.27. The van der Waals surface area contributed by atoms with E-state index in [0.29, 0.717) is 26.3 Å². The quantitative estimate of drug-likeness (QED) is 0.473. The van der Waals surface area contributed by atoms with Crippen molar-refractivity contribution in [3.8, 4) is 0 Å². The zero-order valence-corrected chi connectivity index (χ0v) is 10.1. The summed E-state index contributed by atoms with van der Waals surface area (Å²) in [6.45, 7) is 3.26. The molecule has 0 radical (unpaired) electrons. The summed E-state index contributed by atoms with van der Waals surface area (Å²) in [6.07, 6.45) is 1.79. The molecule has 6 heteroatoms. The van der Waals surface area contributed by atoms with Crippen molar-refractivity contribution in [2.24, 2.45) is 0 Å². The molecule has 0 bridgehead atoms. The van der Waals surface area contributed by atoms with Crippen molar-refractivity contribution in [2.75, 3.05) is 46.1 Å². The number of carbonyl (C=O) groups excluding carboxylic acids is 1. The molecule has 100 valence electrons. The van der Waals surface area contributed by atoms with Gasteiger partial charge < -0.3 is 25.2 Å². The van der Waals surface area contributed by atoms with Gasteiger partial charge in [0.1, 0.15) is 0 Å². The molecule has 1 aliphatic heterocycles. The first-order chi connectivity index (χ1) is 8.33.